The predicted molar refractivity (Wildman–Crippen MR) is 111 cm³/mol. The highest BCUT2D eigenvalue weighted by Crippen LogP contribution is 2.49. The van der Waals surface area contributed by atoms with E-state index in [4.69, 9.17) is 16.1 Å². The third kappa shape index (κ3) is 4.11. The van der Waals surface area contributed by atoms with Gasteiger partial charge in [-0.2, -0.15) is 4.98 Å². The molecular weight excluding hydrogens is 446 g/mol. The molecule has 0 bridgehead atoms. The lowest BCUT2D eigenvalue weighted by Crippen LogP contribution is -2.41. The molecule has 164 valence electrons. The summed E-state index contributed by atoms with van der Waals surface area (Å²) in [5.74, 6) is -0.278. The number of rotatable bonds is 5. The third-order valence-corrected chi connectivity index (χ3v) is 8.81. The van der Waals surface area contributed by atoms with Crippen molar-refractivity contribution < 1.29 is 21.7 Å². The third-order valence-electron chi connectivity index (χ3n) is 6.00. The van der Waals surface area contributed by atoms with Gasteiger partial charge in [0.25, 0.3) is 0 Å². The first-order valence-electron chi connectivity index (χ1n) is 9.96. The van der Waals surface area contributed by atoms with Crippen molar-refractivity contribution in [2.24, 2.45) is 5.92 Å². The molecule has 0 unspecified atom stereocenters. The molecule has 3 aromatic rings. The Bertz CT molecular complexity index is 1190. The maximum Gasteiger partial charge on any atom is 0.226 e. The van der Waals surface area contributed by atoms with E-state index in [-0.39, 0.29) is 29.2 Å². The number of nitrogens with zero attached hydrogens (tertiary/aromatic N) is 2. The van der Waals surface area contributed by atoms with Crippen LogP contribution >= 0.6 is 11.6 Å². The van der Waals surface area contributed by atoms with Crippen LogP contribution in [0.1, 0.15) is 43.0 Å². The van der Waals surface area contributed by atoms with Crippen LogP contribution < -0.4 is 0 Å². The standard InChI is InChI=1S/C22H21ClF2N2O3S/c1-14-26-21(30-27-14)12-15-8-10-22(11-9-15,19-13-17(24)4-7-20(19)25)31(28,29)18-5-2-16(23)3-6-18/h2-7,13,15H,8-12H2,1H3/t15-,22+. The van der Waals surface area contributed by atoms with Crippen molar-refractivity contribution in [1.82, 2.24) is 10.1 Å². The normalized spacial score (nSPS) is 21.9. The monoisotopic (exact) mass is 466 g/mol. The minimum Gasteiger partial charge on any atom is -0.339 e. The molecule has 1 aromatic heterocycles. The molecule has 1 saturated carbocycles. The molecule has 4 rings (SSSR count). The van der Waals surface area contributed by atoms with E-state index in [1.807, 2.05) is 0 Å². The van der Waals surface area contributed by atoms with Crippen molar-refractivity contribution >= 4 is 21.4 Å². The highest BCUT2D eigenvalue weighted by molar-refractivity contribution is 7.92. The van der Waals surface area contributed by atoms with E-state index in [1.165, 1.54) is 24.3 Å². The molecule has 0 amide bonds. The van der Waals surface area contributed by atoms with Crippen LogP contribution in [0.2, 0.25) is 5.02 Å². The van der Waals surface area contributed by atoms with Crippen LogP contribution in [0.5, 0.6) is 0 Å². The van der Waals surface area contributed by atoms with Gasteiger partial charge in [0.2, 0.25) is 5.89 Å². The second-order valence-electron chi connectivity index (χ2n) is 7.96. The van der Waals surface area contributed by atoms with Gasteiger partial charge in [0.15, 0.2) is 15.7 Å². The fourth-order valence-corrected chi connectivity index (χ4v) is 6.68. The summed E-state index contributed by atoms with van der Waals surface area (Å²) in [6, 6.07) is 8.75. The summed E-state index contributed by atoms with van der Waals surface area (Å²) in [4.78, 5) is 4.25. The Kier molecular flexibility index (Phi) is 5.87. The number of hydrogen-bond donors (Lipinski definition) is 0. The van der Waals surface area contributed by atoms with Crippen LogP contribution in [0.3, 0.4) is 0 Å². The SMILES string of the molecule is Cc1noc(C[C@H]2CC[C@@](c3cc(F)ccc3F)(S(=O)(=O)c3ccc(Cl)cc3)CC2)n1. The zero-order valence-electron chi connectivity index (χ0n) is 16.8. The first-order chi connectivity index (χ1) is 14.7. The van der Waals surface area contributed by atoms with Gasteiger partial charge in [0.05, 0.1) is 4.90 Å². The van der Waals surface area contributed by atoms with Gasteiger partial charge in [-0.3, -0.25) is 0 Å². The van der Waals surface area contributed by atoms with Gasteiger partial charge in [0.1, 0.15) is 16.4 Å². The second kappa shape index (κ2) is 8.31. The van der Waals surface area contributed by atoms with Crippen molar-refractivity contribution in [2.45, 2.75) is 48.7 Å². The molecule has 0 spiro atoms. The van der Waals surface area contributed by atoms with E-state index in [9.17, 15) is 17.2 Å². The zero-order chi connectivity index (χ0) is 22.2. The maximum atomic E-state index is 14.9. The molecule has 2 aromatic carbocycles. The number of aromatic nitrogens is 2. The zero-order valence-corrected chi connectivity index (χ0v) is 18.4. The Labute approximate surface area is 184 Å². The van der Waals surface area contributed by atoms with Crippen LogP contribution in [0.15, 0.2) is 51.9 Å². The summed E-state index contributed by atoms with van der Waals surface area (Å²) in [5.41, 5.74) is -0.130. The smallest absolute Gasteiger partial charge is 0.226 e. The Morgan fingerprint density at radius 1 is 1.13 bits per heavy atom. The van der Waals surface area contributed by atoms with Crippen molar-refractivity contribution in [2.75, 3.05) is 0 Å². The number of benzene rings is 2. The van der Waals surface area contributed by atoms with Crippen molar-refractivity contribution in [3.05, 3.63) is 76.4 Å². The topological polar surface area (TPSA) is 73.1 Å². The van der Waals surface area contributed by atoms with Crippen molar-refractivity contribution in [3.8, 4) is 0 Å². The molecule has 1 heterocycles. The van der Waals surface area contributed by atoms with Gasteiger partial charge in [-0.05, 0) is 81.0 Å². The average Bonchev–Trinajstić information content (AvgIpc) is 3.15. The molecule has 0 saturated heterocycles. The highest BCUT2D eigenvalue weighted by Gasteiger charge is 2.50. The van der Waals surface area contributed by atoms with Crippen LogP contribution in [0.25, 0.3) is 0 Å². The summed E-state index contributed by atoms with van der Waals surface area (Å²) >= 11 is 5.92. The van der Waals surface area contributed by atoms with E-state index in [1.54, 1.807) is 6.92 Å². The highest BCUT2D eigenvalue weighted by atomic mass is 35.5. The number of aryl methyl sites for hydroxylation is 1. The molecular formula is C22H21ClF2N2O3S. The molecule has 9 heteroatoms. The summed E-state index contributed by atoms with van der Waals surface area (Å²) in [7, 11) is -4.04. The average molecular weight is 467 g/mol. The lowest BCUT2D eigenvalue weighted by atomic mass is 9.76. The van der Waals surface area contributed by atoms with E-state index in [0.717, 1.165) is 18.2 Å². The molecule has 1 aliphatic rings. The summed E-state index contributed by atoms with van der Waals surface area (Å²) in [6.07, 6.45) is 1.80. The summed E-state index contributed by atoms with van der Waals surface area (Å²) < 4.78 is 60.1. The molecule has 0 atom stereocenters. The lowest BCUT2D eigenvalue weighted by Gasteiger charge is -2.40. The summed E-state index contributed by atoms with van der Waals surface area (Å²) in [6.45, 7) is 1.73. The molecule has 1 fully saturated rings. The molecule has 0 aliphatic heterocycles. The Balaban J connectivity index is 1.73. The van der Waals surface area contributed by atoms with Crippen molar-refractivity contribution in [1.29, 1.82) is 0 Å². The number of hydrogen-bond acceptors (Lipinski definition) is 5. The Morgan fingerprint density at radius 3 is 2.42 bits per heavy atom. The van der Waals surface area contributed by atoms with Gasteiger partial charge in [-0.1, -0.05) is 16.8 Å². The van der Waals surface area contributed by atoms with Crippen LogP contribution in [0.4, 0.5) is 8.78 Å². The first-order valence-corrected chi connectivity index (χ1v) is 11.8. The largest absolute Gasteiger partial charge is 0.339 e. The predicted octanol–water partition coefficient (Wildman–Crippen LogP) is 5.41. The molecule has 5 nitrogen and oxygen atoms in total. The van der Waals surface area contributed by atoms with E-state index in [2.05, 4.69) is 10.1 Å². The molecule has 0 N–H and O–H groups in total. The maximum absolute atomic E-state index is 14.9. The minimum atomic E-state index is -4.04. The number of halogens is 3. The van der Waals surface area contributed by atoms with Crippen LogP contribution in [-0.4, -0.2) is 18.6 Å². The Morgan fingerprint density at radius 2 is 1.81 bits per heavy atom. The fourth-order valence-electron chi connectivity index (χ4n) is 4.39. The Hall–Kier alpha value is -2.32. The van der Waals surface area contributed by atoms with Gasteiger partial charge < -0.3 is 4.52 Å². The van der Waals surface area contributed by atoms with Crippen LogP contribution in [-0.2, 0) is 21.0 Å². The lowest BCUT2D eigenvalue weighted by molar-refractivity contribution is 0.262. The summed E-state index contributed by atoms with van der Waals surface area (Å²) in [5, 5.41) is 4.17. The fraction of sp³-hybridized carbons (Fsp3) is 0.364. The van der Waals surface area contributed by atoms with Gasteiger partial charge >= 0.3 is 0 Å². The van der Waals surface area contributed by atoms with E-state index < -0.39 is 26.2 Å². The van der Waals surface area contributed by atoms with Crippen LogP contribution in [0, 0.1) is 24.5 Å². The minimum absolute atomic E-state index is 0.0338. The number of sulfone groups is 1. The van der Waals surface area contributed by atoms with Gasteiger partial charge in [-0.15, -0.1) is 0 Å². The quantitative estimate of drug-likeness (QED) is 0.502. The molecule has 1 aliphatic carbocycles. The van der Waals surface area contributed by atoms with E-state index in [0.29, 0.717) is 36.0 Å². The molecule has 31 heavy (non-hydrogen) atoms. The van der Waals surface area contributed by atoms with Crippen molar-refractivity contribution in [3.63, 3.8) is 0 Å². The van der Waals surface area contributed by atoms with E-state index >= 15 is 0 Å². The first kappa shape index (κ1) is 21.9. The second-order valence-corrected chi connectivity index (χ2v) is 10.7. The van der Waals surface area contributed by atoms with Gasteiger partial charge in [-0.25, -0.2) is 17.2 Å². The molecule has 0 radical (unpaired) electrons. The van der Waals surface area contributed by atoms with Gasteiger partial charge in [0, 0.05) is 17.0 Å².